The number of hydrogen-bond donors (Lipinski definition) is 1. The minimum absolute atomic E-state index is 0.584. The molecule has 2 N–H and O–H groups in total. The zero-order valence-corrected chi connectivity index (χ0v) is 15.5. The molecule has 2 aliphatic rings. The molecule has 1 fully saturated rings. The van der Waals surface area contributed by atoms with E-state index in [-0.39, 0.29) is 0 Å². The van der Waals surface area contributed by atoms with E-state index in [1.165, 1.54) is 58.2 Å². The number of rotatable bonds is 10. The van der Waals surface area contributed by atoms with E-state index >= 15 is 0 Å². The largest absolute Gasteiger partial charge is 0.384 e. The van der Waals surface area contributed by atoms with Gasteiger partial charge in [-0.25, -0.2) is 9.97 Å². The van der Waals surface area contributed by atoms with Gasteiger partial charge >= 0.3 is 0 Å². The molecule has 3 rings (SSSR count). The predicted octanol–water partition coefficient (Wildman–Crippen LogP) is 2.60. The van der Waals surface area contributed by atoms with Crippen LogP contribution in [0.5, 0.6) is 0 Å². The molecule has 6 nitrogen and oxygen atoms in total. The van der Waals surface area contributed by atoms with Crippen LogP contribution in [0.1, 0.15) is 62.0 Å². The van der Waals surface area contributed by atoms with Gasteiger partial charge in [-0.2, -0.15) is 0 Å². The first kappa shape index (κ1) is 18.3. The van der Waals surface area contributed by atoms with Gasteiger partial charge in [-0.05, 0) is 51.7 Å². The number of nitrogens with zero attached hydrogens (tertiary/aromatic N) is 4. The zero-order chi connectivity index (χ0) is 17.5. The van der Waals surface area contributed by atoms with Crippen molar-refractivity contribution in [2.45, 2.75) is 57.9 Å². The fraction of sp³-hybridized carbons (Fsp3) is 0.737. The summed E-state index contributed by atoms with van der Waals surface area (Å²) in [7, 11) is 1.69. The number of ether oxygens (including phenoxy) is 1. The van der Waals surface area contributed by atoms with Gasteiger partial charge in [0.25, 0.3) is 0 Å². The van der Waals surface area contributed by atoms with Crippen LogP contribution in [0.25, 0.3) is 0 Å². The maximum atomic E-state index is 6.09. The standard InChI is InChI=1S/C19H31N5O/c1-25-13-9-17-22-18-15(19(20)23-17)14-21-16(18)8-4-2-3-5-10-24-11-6-7-12-24/h2-14H2,1H3,(H2,20,22,23). The first-order chi connectivity index (χ1) is 12.3. The first-order valence-electron chi connectivity index (χ1n) is 9.68. The summed E-state index contributed by atoms with van der Waals surface area (Å²) in [6, 6.07) is 0. The smallest absolute Gasteiger partial charge is 0.133 e. The van der Waals surface area contributed by atoms with Gasteiger partial charge in [-0.1, -0.05) is 12.8 Å². The Morgan fingerprint density at radius 1 is 1.04 bits per heavy atom. The number of nitrogens with two attached hydrogens (primary N) is 1. The van der Waals surface area contributed by atoms with Crippen LogP contribution in [0, 0.1) is 0 Å². The summed E-state index contributed by atoms with van der Waals surface area (Å²) in [5.41, 5.74) is 9.19. The van der Waals surface area contributed by atoms with Crippen molar-refractivity contribution in [3.63, 3.8) is 0 Å². The lowest BCUT2D eigenvalue weighted by Crippen LogP contribution is -2.20. The number of hydrogen-bond acceptors (Lipinski definition) is 6. The topological polar surface area (TPSA) is 76.6 Å². The highest BCUT2D eigenvalue weighted by atomic mass is 16.5. The van der Waals surface area contributed by atoms with Gasteiger partial charge in [0, 0.05) is 19.1 Å². The Labute approximate surface area is 150 Å². The summed E-state index contributed by atoms with van der Waals surface area (Å²) in [6.45, 7) is 5.13. The van der Waals surface area contributed by atoms with Gasteiger partial charge in [0.2, 0.25) is 0 Å². The second-order valence-electron chi connectivity index (χ2n) is 7.07. The highest BCUT2D eigenvalue weighted by molar-refractivity contribution is 6.02. The number of nitrogen functional groups attached to an aromatic ring is 1. The van der Waals surface area contributed by atoms with Crippen LogP contribution in [0.2, 0.25) is 0 Å². The molecule has 138 valence electrons. The average Bonchev–Trinajstić information content (AvgIpc) is 3.26. The Bertz CT molecular complexity index is 596. The molecule has 2 aliphatic heterocycles. The van der Waals surface area contributed by atoms with E-state index in [1.807, 2.05) is 0 Å². The van der Waals surface area contributed by atoms with E-state index in [1.54, 1.807) is 7.11 Å². The molecule has 3 heterocycles. The number of likely N-dealkylation sites (tertiary alicyclic amines) is 1. The van der Waals surface area contributed by atoms with Crippen molar-refractivity contribution in [1.82, 2.24) is 14.9 Å². The third-order valence-electron chi connectivity index (χ3n) is 5.15. The molecule has 0 spiro atoms. The number of methoxy groups -OCH3 is 1. The molecule has 0 radical (unpaired) electrons. The number of aromatic nitrogens is 2. The molecular weight excluding hydrogens is 314 g/mol. The van der Waals surface area contributed by atoms with Crippen LogP contribution >= 0.6 is 0 Å². The maximum absolute atomic E-state index is 6.09. The molecule has 1 aromatic heterocycles. The van der Waals surface area contributed by atoms with Gasteiger partial charge in [0.15, 0.2) is 0 Å². The van der Waals surface area contributed by atoms with E-state index in [9.17, 15) is 0 Å². The fourth-order valence-electron chi connectivity index (χ4n) is 3.68. The van der Waals surface area contributed by atoms with Crippen LogP contribution in [0.3, 0.4) is 0 Å². The molecular formula is C19H31N5O. The summed E-state index contributed by atoms with van der Waals surface area (Å²) in [6.07, 6.45) is 9.53. The lowest BCUT2D eigenvalue weighted by Gasteiger charge is -2.13. The molecule has 1 saturated heterocycles. The molecule has 0 aromatic carbocycles. The molecule has 0 atom stereocenters. The maximum Gasteiger partial charge on any atom is 0.133 e. The summed E-state index contributed by atoms with van der Waals surface area (Å²) in [5, 5.41) is 0. The summed E-state index contributed by atoms with van der Waals surface area (Å²) < 4.78 is 5.12. The Morgan fingerprint density at radius 2 is 1.84 bits per heavy atom. The quantitative estimate of drug-likeness (QED) is 0.660. The van der Waals surface area contributed by atoms with E-state index in [0.717, 1.165) is 29.2 Å². The van der Waals surface area contributed by atoms with Crippen molar-refractivity contribution in [3.8, 4) is 0 Å². The zero-order valence-electron chi connectivity index (χ0n) is 15.5. The third kappa shape index (κ3) is 4.98. The fourth-order valence-corrected chi connectivity index (χ4v) is 3.68. The van der Waals surface area contributed by atoms with E-state index in [0.29, 0.717) is 25.4 Å². The van der Waals surface area contributed by atoms with Gasteiger partial charge in [-0.15, -0.1) is 0 Å². The summed E-state index contributed by atoms with van der Waals surface area (Å²) in [5.74, 6) is 1.35. The van der Waals surface area contributed by atoms with Crippen molar-refractivity contribution >= 4 is 11.5 Å². The molecule has 0 unspecified atom stereocenters. The minimum Gasteiger partial charge on any atom is -0.384 e. The van der Waals surface area contributed by atoms with Gasteiger partial charge < -0.3 is 15.4 Å². The van der Waals surface area contributed by atoms with Gasteiger partial charge in [0.1, 0.15) is 11.6 Å². The molecule has 0 saturated carbocycles. The van der Waals surface area contributed by atoms with Gasteiger partial charge in [-0.3, -0.25) is 4.99 Å². The highest BCUT2D eigenvalue weighted by Crippen LogP contribution is 2.24. The molecule has 1 aromatic rings. The predicted molar refractivity (Wildman–Crippen MR) is 101 cm³/mol. The van der Waals surface area contributed by atoms with Gasteiger partial charge in [0.05, 0.1) is 24.6 Å². The van der Waals surface area contributed by atoms with Crippen LogP contribution in [0.4, 0.5) is 5.82 Å². The number of unbranched alkanes of at least 4 members (excludes halogenated alkanes) is 3. The van der Waals surface area contributed by atoms with Crippen molar-refractivity contribution < 1.29 is 4.74 Å². The lowest BCUT2D eigenvalue weighted by molar-refractivity contribution is 0.200. The Morgan fingerprint density at radius 3 is 2.64 bits per heavy atom. The van der Waals surface area contributed by atoms with E-state index < -0.39 is 0 Å². The molecule has 0 aliphatic carbocycles. The first-order valence-corrected chi connectivity index (χ1v) is 9.68. The molecule has 6 heteroatoms. The molecule has 25 heavy (non-hydrogen) atoms. The normalized spacial score (nSPS) is 17.1. The van der Waals surface area contributed by atoms with Crippen molar-refractivity contribution in [3.05, 3.63) is 17.1 Å². The highest BCUT2D eigenvalue weighted by Gasteiger charge is 2.21. The Hall–Kier alpha value is -1.53. The monoisotopic (exact) mass is 345 g/mol. The summed E-state index contributed by atoms with van der Waals surface area (Å²) >= 11 is 0. The Kier molecular flexibility index (Phi) is 6.76. The van der Waals surface area contributed by atoms with Crippen LogP contribution in [-0.2, 0) is 17.7 Å². The van der Waals surface area contributed by atoms with E-state index in [2.05, 4.69) is 14.9 Å². The van der Waals surface area contributed by atoms with Crippen LogP contribution in [-0.4, -0.2) is 53.9 Å². The molecule has 0 amide bonds. The number of aliphatic imine (C=N–C) groups is 1. The second-order valence-corrected chi connectivity index (χ2v) is 7.07. The Balaban J connectivity index is 1.43. The van der Waals surface area contributed by atoms with E-state index in [4.69, 9.17) is 15.5 Å². The van der Waals surface area contributed by atoms with Crippen molar-refractivity contribution in [2.24, 2.45) is 4.99 Å². The number of anilines is 1. The van der Waals surface area contributed by atoms with Crippen molar-refractivity contribution in [1.29, 1.82) is 0 Å². The average molecular weight is 345 g/mol. The van der Waals surface area contributed by atoms with Crippen LogP contribution < -0.4 is 5.73 Å². The minimum atomic E-state index is 0.584. The van der Waals surface area contributed by atoms with Crippen molar-refractivity contribution in [2.75, 3.05) is 39.1 Å². The summed E-state index contributed by atoms with van der Waals surface area (Å²) in [4.78, 5) is 16.3. The van der Waals surface area contributed by atoms with Crippen LogP contribution in [0.15, 0.2) is 4.99 Å². The third-order valence-corrected chi connectivity index (χ3v) is 5.15. The second kappa shape index (κ2) is 9.25. The molecule has 0 bridgehead atoms. The lowest BCUT2D eigenvalue weighted by atomic mass is 10.1. The number of fused-ring (bicyclic) bond motifs is 1. The SMILES string of the molecule is COCCc1nc(N)c2c(n1)C(CCCCCCN1CCCC1)=NC2.